The molecule has 49 heavy (non-hydrogen) atoms. The molecule has 8 nitrogen and oxygen atoms in total. The number of nitrogens with zero attached hydrogens (tertiary/aromatic N) is 2. The lowest BCUT2D eigenvalue weighted by Crippen LogP contribution is -2.44. The van der Waals surface area contributed by atoms with Gasteiger partial charge in [-0.05, 0) is 53.6 Å². The van der Waals surface area contributed by atoms with Gasteiger partial charge in [-0.2, -0.15) is 11.8 Å². The second-order valence-electron chi connectivity index (χ2n) is 11.2. The van der Waals surface area contributed by atoms with E-state index >= 15 is 0 Å². The first-order chi connectivity index (χ1) is 23.9. The molecule has 1 unspecified atom stereocenters. The van der Waals surface area contributed by atoms with E-state index in [4.69, 9.17) is 4.42 Å². The first kappa shape index (κ1) is 33.9. The van der Waals surface area contributed by atoms with Crippen LogP contribution in [0.4, 0.5) is 15.8 Å². The van der Waals surface area contributed by atoms with Crippen molar-refractivity contribution in [2.75, 3.05) is 17.6 Å². The van der Waals surface area contributed by atoms with Crippen LogP contribution in [0, 0.1) is 5.82 Å². The summed E-state index contributed by atoms with van der Waals surface area (Å²) in [7, 11) is 0. The number of anilines is 1. The summed E-state index contributed by atoms with van der Waals surface area (Å²) in [6.07, 6.45) is 1.54. The number of hydrogen-bond donors (Lipinski definition) is 2. The van der Waals surface area contributed by atoms with Crippen molar-refractivity contribution in [2.45, 2.75) is 23.6 Å². The van der Waals surface area contributed by atoms with Gasteiger partial charge in [0.25, 0.3) is 0 Å². The maximum atomic E-state index is 13.9. The molecule has 2 amide bonds. The topological polar surface area (TPSA) is 104 Å². The number of hydrogen-bond acceptors (Lipinski definition) is 8. The summed E-state index contributed by atoms with van der Waals surface area (Å²) < 4.78 is 19.4. The molecule has 2 atom stereocenters. The molecule has 1 aliphatic heterocycles. The van der Waals surface area contributed by atoms with Crippen LogP contribution >= 0.6 is 23.5 Å². The highest BCUT2D eigenvalue weighted by Gasteiger charge is 2.39. The van der Waals surface area contributed by atoms with Crippen molar-refractivity contribution >= 4 is 57.7 Å². The third kappa shape index (κ3) is 9.14. The number of carbonyl (C=O) groups is 3. The molecule has 0 saturated carbocycles. The molecule has 1 aromatic heterocycles. The second-order valence-corrected chi connectivity index (χ2v) is 13.3. The Kier molecular flexibility index (Phi) is 11.4. The number of amidine groups is 1. The van der Waals surface area contributed by atoms with Gasteiger partial charge in [-0.1, -0.05) is 90.6 Å². The van der Waals surface area contributed by atoms with Gasteiger partial charge in [0.15, 0.2) is 11.0 Å². The molecule has 5 aromatic rings. The second kappa shape index (κ2) is 16.4. The summed E-state index contributed by atoms with van der Waals surface area (Å²) >= 11 is 2.88. The molecular weight excluding hydrogens is 660 g/mol. The van der Waals surface area contributed by atoms with Gasteiger partial charge < -0.3 is 9.73 Å². The minimum atomic E-state index is -0.634. The van der Waals surface area contributed by atoms with Crippen LogP contribution in [0.25, 0.3) is 0 Å². The van der Waals surface area contributed by atoms with Crippen molar-refractivity contribution < 1.29 is 23.2 Å². The highest BCUT2D eigenvalue weighted by atomic mass is 32.2. The largest absolute Gasteiger partial charge is 0.467 e. The van der Waals surface area contributed by atoms with Crippen molar-refractivity contribution in [3.63, 3.8) is 0 Å². The van der Waals surface area contributed by atoms with Gasteiger partial charge in [-0.15, -0.1) is 0 Å². The van der Waals surface area contributed by atoms with E-state index in [1.165, 1.54) is 28.8 Å². The van der Waals surface area contributed by atoms with E-state index in [-0.39, 0.29) is 30.7 Å². The van der Waals surface area contributed by atoms with Crippen molar-refractivity contribution in [1.29, 1.82) is 0 Å². The molecule has 2 heterocycles. The molecule has 2 N–H and O–H groups in total. The average molecular weight is 693 g/mol. The quantitative estimate of drug-likeness (QED) is 0.115. The highest BCUT2D eigenvalue weighted by Crippen LogP contribution is 2.41. The Bertz CT molecular complexity index is 1910. The predicted octanol–water partition coefficient (Wildman–Crippen LogP) is 7.64. The zero-order valence-corrected chi connectivity index (χ0v) is 28.0. The molecule has 6 rings (SSSR count). The molecule has 0 radical (unpaired) electrons. The molecule has 0 aliphatic carbocycles. The van der Waals surface area contributed by atoms with Crippen LogP contribution < -0.4 is 10.6 Å². The average Bonchev–Trinajstić information content (AvgIpc) is 3.75. The maximum absolute atomic E-state index is 13.9. The number of benzene rings is 4. The van der Waals surface area contributed by atoms with Gasteiger partial charge in [0.05, 0.1) is 31.1 Å². The Balaban J connectivity index is 1.14. The molecule has 1 saturated heterocycles. The molecule has 0 spiro atoms. The van der Waals surface area contributed by atoms with Crippen LogP contribution in [0.2, 0.25) is 0 Å². The van der Waals surface area contributed by atoms with E-state index in [9.17, 15) is 18.8 Å². The lowest BCUT2D eigenvalue weighted by Gasteiger charge is -2.18. The van der Waals surface area contributed by atoms with E-state index in [0.717, 1.165) is 16.9 Å². The number of ketones is 1. The fourth-order valence-corrected chi connectivity index (χ4v) is 7.34. The van der Waals surface area contributed by atoms with Crippen molar-refractivity contribution in [1.82, 2.24) is 10.2 Å². The third-order valence-electron chi connectivity index (χ3n) is 7.67. The summed E-state index contributed by atoms with van der Waals surface area (Å²) in [6, 6.07) is 34.9. The van der Waals surface area contributed by atoms with E-state index in [1.54, 1.807) is 78.7 Å². The van der Waals surface area contributed by atoms with E-state index in [0.29, 0.717) is 33.6 Å². The van der Waals surface area contributed by atoms with Crippen LogP contribution in [-0.2, 0) is 21.9 Å². The Morgan fingerprint density at radius 2 is 1.67 bits per heavy atom. The highest BCUT2D eigenvalue weighted by molar-refractivity contribution is 8.15. The summed E-state index contributed by atoms with van der Waals surface area (Å²) in [5.74, 6) is 0.796. The fourth-order valence-electron chi connectivity index (χ4n) is 5.12. The third-order valence-corrected chi connectivity index (χ3v) is 10.0. The summed E-state index contributed by atoms with van der Waals surface area (Å²) in [6.45, 7) is 0.197. The standard InChI is InChI=1S/C38H33FN4O4S2/c39-29-13-7-14-31(21-29)42-38-43(23-32-15-8-20-47-32)37(46)35(49-38)28-16-18-30(19-17-28)41-36(45)33(25-48-24-26-9-3-1-4-10-26)40-22-34(44)27-11-5-2-6-12-27/h1-21,33,35,40H,22-25H2,(H,41,45)/t33-,35?/m0/s1. The molecular formula is C38H33FN4O4S2. The maximum Gasteiger partial charge on any atom is 0.247 e. The number of aliphatic imine (C=N–C) groups is 1. The van der Waals surface area contributed by atoms with Gasteiger partial charge in [0, 0.05) is 22.8 Å². The number of halogens is 1. The molecule has 248 valence electrons. The first-order valence-corrected chi connectivity index (χ1v) is 17.6. The van der Waals surface area contributed by atoms with E-state index in [1.807, 2.05) is 48.5 Å². The van der Waals surface area contributed by atoms with Crippen molar-refractivity contribution in [2.24, 2.45) is 4.99 Å². The van der Waals surface area contributed by atoms with Crippen molar-refractivity contribution in [3.8, 4) is 0 Å². The molecule has 0 bridgehead atoms. The molecule has 11 heteroatoms. The number of thioether (sulfide) groups is 2. The Morgan fingerprint density at radius 1 is 0.918 bits per heavy atom. The van der Waals surface area contributed by atoms with Crippen LogP contribution in [0.1, 0.15) is 32.5 Å². The van der Waals surface area contributed by atoms with Gasteiger partial charge >= 0.3 is 0 Å². The van der Waals surface area contributed by atoms with Gasteiger partial charge in [0.2, 0.25) is 11.8 Å². The molecule has 4 aromatic carbocycles. The fraction of sp³-hybridized carbons (Fsp3) is 0.158. The lowest BCUT2D eigenvalue weighted by atomic mass is 10.1. The van der Waals surface area contributed by atoms with Gasteiger partial charge in [0.1, 0.15) is 16.8 Å². The van der Waals surface area contributed by atoms with E-state index in [2.05, 4.69) is 15.6 Å². The SMILES string of the molecule is O=C(CN[C@@H](CSCc1ccccc1)C(=O)Nc1ccc(C2SC(=Nc3cccc(F)c3)N(Cc3ccco3)C2=O)cc1)c1ccccc1. The molecule has 1 fully saturated rings. The Labute approximate surface area is 292 Å². The first-order valence-electron chi connectivity index (χ1n) is 15.6. The number of rotatable bonds is 14. The number of Topliss-reactive ketones (excluding diaryl/α,β-unsaturated/α-hetero) is 1. The van der Waals surface area contributed by atoms with Crippen LogP contribution in [0.15, 0.2) is 137 Å². The molecule has 1 aliphatic rings. The zero-order valence-electron chi connectivity index (χ0n) is 26.3. The Hall–Kier alpha value is -4.97. The van der Waals surface area contributed by atoms with E-state index < -0.39 is 17.1 Å². The normalized spacial score (nSPS) is 15.8. The number of amides is 2. The predicted molar refractivity (Wildman–Crippen MR) is 193 cm³/mol. The van der Waals surface area contributed by atoms with Crippen LogP contribution in [-0.4, -0.2) is 46.0 Å². The monoisotopic (exact) mass is 692 g/mol. The zero-order chi connectivity index (χ0) is 34.0. The van der Waals surface area contributed by atoms with Crippen LogP contribution in [0.5, 0.6) is 0 Å². The minimum Gasteiger partial charge on any atom is -0.467 e. The smallest absolute Gasteiger partial charge is 0.247 e. The number of furan rings is 1. The van der Waals surface area contributed by atoms with Crippen LogP contribution in [0.3, 0.4) is 0 Å². The summed E-state index contributed by atoms with van der Waals surface area (Å²) in [5, 5.41) is 5.96. The lowest BCUT2D eigenvalue weighted by molar-refractivity contribution is -0.126. The number of carbonyl (C=O) groups excluding carboxylic acids is 3. The summed E-state index contributed by atoms with van der Waals surface area (Å²) in [5.41, 5.74) is 3.40. The minimum absolute atomic E-state index is 0.0158. The Morgan fingerprint density at radius 3 is 2.39 bits per heavy atom. The van der Waals surface area contributed by atoms with Gasteiger partial charge in [-0.25, -0.2) is 9.38 Å². The van der Waals surface area contributed by atoms with Gasteiger partial charge in [-0.3, -0.25) is 24.6 Å². The summed E-state index contributed by atoms with van der Waals surface area (Å²) in [4.78, 5) is 46.1. The number of nitrogens with one attached hydrogen (secondary N) is 2. The van der Waals surface area contributed by atoms with Crippen molar-refractivity contribution in [3.05, 3.63) is 156 Å².